The zero-order chi connectivity index (χ0) is 15.2. The second-order valence-corrected chi connectivity index (χ2v) is 5.37. The SMILES string of the molecule is COCCN1CCC(Nc2cc(C)c([N+](=O)[O-])cn2)CC1. The van der Waals surface area contributed by atoms with Crippen molar-refractivity contribution < 1.29 is 9.66 Å². The molecule has 2 heterocycles. The van der Waals surface area contributed by atoms with E-state index in [1.165, 1.54) is 6.20 Å². The molecule has 0 saturated carbocycles. The van der Waals surface area contributed by atoms with Crippen LogP contribution in [0.4, 0.5) is 11.5 Å². The molecule has 1 aromatic rings. The first kappa shape index (κ1) is 15.7. The molecule has 2 rings (SSSR count). The Labute approximate surface area is 124 Å². The summed E-state index contributed by atoms with van der Waals surface area (Å²) in [7, 11) is 1.72. The second kappa shape index (κ2) is 7.33. The number of anilines is 1. The zero-order valence-electron chi connectivity index (χ0n) is 12.5. The van der Waals surface area contributed by atoms with Crippen LogP contribution in [0.25, 0.3) is 0 Å². The average Bonchev–Trinajstić information content (AvgIpc) is 2.46. The van der Waals surface area contributed by atoms with E-state index >= 15 is 0 Å². The van der Waals surface area contributed by atoms with Gasteiger partial charge in [0.2, 0.25) is 0 Å². The van der Waals surface area contributed by atoms with E-state index in [1.54, 1.807) is 20.1 Å². The molecule has 7 nitrogen and oxygen atoms in total. The van der Waals surface area contributed by atoms with Crippen LogP contribution in [0.5, 0.6) is 0 Å². The van der Waals surface area contributed by atoms with Gasteiger partial charge in [0.05, 0.1) is 11.5 Å². The van der Waals surface area contributed by atoms with Crippen LogP contribution in [-0.4, -0.2) is 54.2 Å². The number of aryl methyl sites for hydroxylation is 1. The molecule has 1 N–H and O–H groups in total. The first-order valence-corrected chi connectivity index (χ1v) is 7.19. The van der Waals surface area contributed by atoms with Gasteiger partial charge in [-0.25, -0.2) is 4.98 Å². The van der Waals surface area contributed by atoms with Crippen molar-refractivity contribution in [2.75, 3.05) is 38.7 Å². The number of pyridine rings is 1. The summed E-state index contributed by atoms with van der Waals surface area (Å²) in [5.41, 5.74) is 0.699. The summed E-state index contributed by atoms with van der Waals surface area (Å²) in [5.74, 6) is 0.716. The van der Waals surface area contributed by atoms with Gasteiger partial charge in [0.15, 0.2) is 0 Å². The molecule has 116 valence electrons. The van der Waals surface area contributed by atoms with Gasteiger partial charge in [-0.05, 0) is 25.8 Å². The highest BCUT2D eigenvalue weighted by molar-refractivity contribution is 5.47. The highest BCUT2D eigenvalue weighted by Crippen LogP contribution is 2.21. The monoisotopic (exact) mass is 294 g/mol. The smallest absolute Gasteiger partial charge is 0.290 e. The number of methoxy groups -OCH3 is 1. The van der Waals surface area contributed by atoms with E-state index < -0.39 is 4.92 Å². The Kier molecular flexibility index (Phi) is 5.46. The summed E-state index contributed by atoms with van der Waals surface area (Å²) in [6.07, 6.45) is 3.41. The third-order valence-corrected chi connectivity index (χ3v) is 3.83. The van der Waals surface area contributed by atoms with Gasteiger partial charge in [-0.15, -0.1) is 0 Å². The molecular formula is C14H22N4O3. The van der Waals surface area contributed by atoms with Crippen LogP contribution in [0.1, 0.15) is 18.4 Å². The Hall–Kier alpha value is -1.73. The van der Waals surface area contributed by atoms with E-state index in [9.17, 15) is 10.1 Å². The quantitative estimate of drug-likeness (QED) is 0.637. The summed E-state index contributed by atoms with van der Waals surface area (Å²) in [6.45, 7) is 5.54. The van der Waals surface area contributed by atoms with E-state index in [0.29, 0.717) is 17.4 Å². The lowest BCUT2D eigenvalue weighted by Gasteiger charge is -2.32. The standard InChI is InChI=1S/C14H22N4O3/c1-11-9-14(15-10-13(11)18(19)20)16-12-3-5-17(6-4-12)7-8-21-2/h9-10,12H,3-8H2,1-2H3,(H,15,16). The number of hydrogen-bond donors (Lipinski definition) is 1. The molecule has 0 atom stereocenters. The van der Waals surface area contributed by atoms with Crippen molar-refractivity contribution in [3.05, 3.63) is 27.9 Å². The van der Waals surface area contributed by atoms with Gasteiger partial charge in [0.1, 0.15) is 12.0 Å². The first-order valence-electron chi connectivity index (χ1n) is 7.19. The Balaban J connectivity index is 1.86. The van der Waals surface area contributed by atoms with Crippen molar-refractivity contribution in [1.82, 2.24) is 9.88 Å². The molecular weight excluding hydrogens is 272 g/mol. The van der Waals surface area contributed by atoms with E-state index in [2.05, 4.69) is 15.2 Å². The molecule has 7 heteroatoms. The normalized spacial score (nSPS) is 16.9. The van der Waals surface area contributed by atoms with Crippen LogP contribution < -0.4 is 5.32 Å². The van der Waals surface area contributed by atoms with E-state index in [-0.39, 0.29) is 5.69 Å². The van der Waals surface area contributed by atoms with Crippen LogP contribution >= 0.6 is 0 Å². The maximum Gasteiger partial charge on any atom is 0.290 e. The lowest BCUT2D eigenvalue weighted by Crippen LogP contribution is -2.40. The van der Waals surface area contributed by atoms with Crippen LogP contribution in [0.15, 0.2) is 12.3 Å². The van der Waals surface area contributed by atoms with Crippen molar-refractivity contribution >= 4 is 11.5 Å². The Morgan fingerprint density at radius 2 is 2.24 bits per heavy atom. The Bertz CT molecular complexity index is 487. The van der Waals surface area contributed by atoms with Crippen molar-refractivity contribution in [2.45, 2.75) is 25.8 Å². The largest absolute Gasteiger partial charge is 0.383 e. The maximum atomic E-state index is 10.8. The fourth-order valence-corrected chi connectivity index (χ4v) is 2.55. The predicted molar refractivity (Wildman–Crippen MR) is 80.6 cm³/mol. The summed E-state index contributed by atoms with van der Waals surface area (Å²) in [6, 6.07) is 2.12. The highest BCUT2D eigenvalue weighted by atomic mass is 16.6. The number of rotatable bonds is 6. The molecule has 0 spiro atoms. The van der Waals surface area contributed by atoms with Crippen LogP contribution in [0.3, 0.4) is 0 Å². The molecule has 1 aliphatic rings. The minimum absolute atomic E-state index is 0.0648. The van der Waals surface area contributed by atoms with Gasteiger partial charge in [0, 0.05) is 38.3 Å². The fraction of sp³-hybridized carbons (Fsp3) is 0.643. The van der Waals surface area contributed by atoms with Gasteiger partial charge in [0.25, 0.3) is 5.69 Å². The molecule has 1 fully saturated rings. The Morgan fingerprint density at radius 3 is 2.81 bits per heavy atom. The third-order valence-electron chi connectivity index (χ3n) is 3.83. The topological polar surface area (TPSA) is 80.5 Å². The van der Waals surface area contributed by atoms with E-state index in [4.69, 9.17) is 4.74 Å². The van der Waals surface area contributed by atoms with Crippen molar-refractivity contribution in [2.24, 2.45) is 0 Å². The number of nitrogens with one attached hydrogen (secondary N) is 1. The number of ether oxygens (including phenoxy) is 1. The van der Waals surface area contributed by atoms with Gasteiger partial charge < -0.3 is 15.0 Å². The summed E-state index contributed by atoms with van der Waals surface area (Å²) < 4.78 is 5.09. The van der Waals surface area contributed by atoms with Crippen molar-refractivity contribution in [1.29, 1.82) is 0 Å². The summed E-state index contributed by atoms with van der Waals surface area (Å²) in [4.78, 5) is 16.9. The van der Waals surface area contributed by atoms with Gasteiger partial charge in [-0.1, -0.05) is 0 Å². The number of hydrogen-bond acceptors (Lipinski definition) is 6. The number of likely N-dealkylation sites (tertiary alicyclic amines) is 1. The predicted octanol–water partition coefficient (Wildman–Crippen LogP) is 1.82. The van der Waals surface area contributed by atoms with Gasteiger partial charge in [-0.3, -0.25) is 10.1 Å². The molecule has 1 aromatic heterocycles. The third kappa shape index (κ3) is 4.37. The molecule has 0 aromatic carbocycles. The van der Waals surface area contributed by atoms with Crippen molar-refractivity contribution in [3.63, 3.8) is 0 Å². The van der Waals surface area contributed by atoms with E-state index in [1.807, 2.05) is 0 Å². The van der Waals surface area contributed by atoms with Crippen LogP contribution in [0.2, 0.25) is 0 Å². The van der Waals surface area contributed by atoms with Gasteiger partial charge >= 0.3 is 0 Å². The summed E-state index contributed by atoms with van der Waals surface area (Å²) in [5, 5.41) is 14.1. The molecule has 0 aliphatic carbocycles. The minimum Gasteiger partial charge on any atom is -0.383 e. The maximum absolute atomic E-state index is 10.8. The molecule has 0 amide bonds. The van der Waals surface area contributed by atoms with Crippen LogP contribution in [-0.2, 0) is 4.74 Å². The number of piperidine rings is 1. The average molecular weight is 294 g/mol. The Morgan fingerprint density at radius 1 is 1.52 bits per heavy atom. The van der Waals surface area contributed by atoms with Gasteiger partial charge in [-0.2, -0.15) is 0 Å². The molecule has 1 saturated heterocycles. The lowest BCUT2D eigenvalue weighted by atomic mass is 10.1. The number of aromatic nitrogens is 1. The lowest BCUT2D eigenvalue weighted by molar-refractivity contribution is -0.385. The minimum atomic E-state index is -0.402. The van der Waals surface area contributed by atoms with Crippen molar-refractivity contribution in [3.8, 4) is 0 Å². The molecule has 1 aliphatic heterocycles. The number of nitro groups is 1. The number of nitrogens with zero attached hydrogens (tertiary/aromatic N) is 3. The second-order valence-electron chi connectivity index (χ2n) is 5.37. The highest BCUT2D eigenvalue weighted by Gasteiger charge is 2.20. The molecule has 0 unspecified atom stereocenters. The zero-order valence-corrected chi connectivity index (χ0v) is 12.5. The molecule has 0 bridgehead atoms. The fourth-order valence-electron chi connectivity index (χ4n) is 2.55. The summed E-state index contributed by atoms with van der Waals surface area (Å²) >= 11 is 0. The molecule has 0 radical (unpaired) electrons. The molecule has 21 heavy (non-hydrogen) atoms. The first-order chi connectivity index (χ1) is 10.1. The van der Waals surface area contributed by atoms with Crippen LogP contribution in [0, 0.1) is 17.0 Å². The van der Waals surface area contributed by atoms with E-state index in [0.717, 1.165) is 39.1 Å².